The van der Waals surface area contributed by atoms with Crippen molar-refractivity contribution in [1.82, 2.24) is 10.2 Å². The molecule has 0 aromatic rings. The minimum Gasteiger partial charge on any atom is -0.337 e. The summed E-state index contributed by atoms with van der Waals surface area (Å²) in [4.78, 5) is 14.4. The fraction of sp³-hybridized carbons (Fsp3) is 0.923. The van der Waals surface area contributed by atoms with Crippen LogP contribution in [0.5, 0.6) is 0 Å². The molecule has 3 aliphatic rings. The Labute approximate surface area is 114 Å². The van der Waals surface area contributed by atoms with Crippen LogP contribution in [0.2, 0.25) is 0 Å². The molecule has 5 nitrogen and oxygen atoms in total. The van der Waals surface area contributed by atoms with E-state index in [2.05, 4.69) is 5.32 Å². The maximum atomic E-state index is 12.6. The summed E-state index contributed by atoms with van der Waals surface area (Å²) in [6.07, 6.45) is 3.59. The van der Waals surface area contributed by atoms with Crippen LogP contribution in [-0.2, 0) is 14.6 Å². The molecule has 2 saturated heterocycles. The van der Waals surface area contributed by atoms with Gasteiger partial charge < -0.3 is 10.2 Å². The van der Waals surface area contributed by atoms with Crippen molar-refractivity contribution in [2.45, 2.75) is 38.3 Å². The number of fused-ring (bicyclic) bond motifs is 1. The second-order valence-corrected chi connectivity index (χ2v) is 8.46. The summed E-state index contributed by atoms with van der Waals surface area (Å²) in [6.45, 7) is 3.15. The second-order valence-electron chi connectivity index (χ2n) is 6.24. The van der Waals surface area contributed by atoms with E-state index < -0.39 is 9.84 Å². The van der Waals surface area contributed by atoms with Crippen molar-refractivity contribution >= 4 is 15.7 Å². The summed E-state index contributed by atoms with van der Waals surface area (Å²) >= 11 is 0. The van der Waals surface area contributed by atoms with Crippen LogP contribution in [0.1, 0.15) is 26.2 Å². The average Bonchev–Trinajstić information content (AvgIpc) is 2.88. The Morgan fingerprint density at radius 1 is 1.32 bits per heavy atom. The van der Waals surface area contributed by atoms with Gasteiger partial charge in [-0.3, -0.25) is 4.79 Å². The van der Waals surface area contributed by atoms with Crippen molar-refractivity contribution in [1.29, 1.82) is 0 Å². The summed E-state index contributed by atoms with van der Waals surface area (Å²) in [5.74, 6) is 1.47. The van der Waals surface area contributed by atoms with Gasteiger partial charge in [-0.1, -0.05) is 6.42 Å². The number of rotatable bonds is 1. The lowest BCUT2D eigenvalue weighted by atomic mass is 9.93. The van der Waals surface area contributed by atoms with Crippen molar-refractivity contribution in [3.63, 3.8) is 0 Å². The predicted octanol–water partition coefficient (Wildman–Crippen LogP) is 0.0200. The number of carbonyl (C=O) groups is 1. The molecule has 1 amide bonds. The van der Waals surface area contributed by atoms with Crippen LogP contribution >= 0.6 is 0 Å². The first kappa shape index (κ1) is 13.4. The minimum atomic E-state index is -2.95. The van der Waals surface area contributed by atoms with Crippen LogP contribution in [0.15, 0.2) is 0 Å². The van der Waals surface area contributed by atoms with Crippen LogP contribution in [0.25, 0.3) is 0 Å². The highest BCUT2D eigenvalue weighted by atomic mass is 32.2. The largest absolute Gasteiger partial charge is 0.337 e. The van der Waals surface area contributed by atoms with Crippen molar-refractivity contribution < 1.29 is 13.2 Å². The number of amides is 1. The molecule has 0 spiro atoms. The molecule has 3 fully saturated rings. The maximum Gasteiger partial charge on any atom is 0.240 e. The van der Waals surface area contributed by atoms with Gasteiger partial charge in [0.05, 0.1) is 17.5 Å². The zero-order valence-electron chi connectivity index (χ0n) is 11.3. The molecule has 1 aliphatic carbocycles. The van der Waals surface area contributed by atoms with E-state index in [1.54, 1.807) is 4.90 Å². The summed E-state index contributed by atoms with van der Waals surface area (Å²) in [7, 11) is -2.95. The van der Waals surface area contributed by atoms with E-state index in [1.165, 1.54) is 12.8 Å². The van der Waals surface area contributed by atoms with E-state index in [-0.39, 0.29) is 29.5 Å². The highest BCUT2D eigenvalue weighted by Crippen LogP contribution is 2.38. The van der Waals surface area contributed by atoms with E-state index in [0.717, 1.165) is 13.0 Å². The molecule has 2 aliphatic heterocycles. The first-order chi connectivity index (χ1) is 8.98. The zero-order valence-corrected chi connectivity index (χ0v) is 12.2. The lowest BCUT2D eigenvalue weighted by Gasteiger charge is -2.36. The third kappa shape index (κ3) is 2.40. The van der Waals surface area contributed by atoms with Crippen molar-refractivity contribution in [2.24, 2.45) is 11.8 Å². The van der Waals surface area contributed by atoms with Gasteiger partial charge in [-0.25, -0.2) is 8.42 Å². The summed E-state index contributed by atoms with van der Waals surface area (Å²) in [6, 6.07) is -0.260. The topological polar surface area (TPSA) is 66.5 Å². The lowest BCUT2D eigenvalue weighted by molar-refractivity contribution is -0.135. The van der Waals surface area contributed by atoms with Crippen LogP contribution in [0.4, 0.5) is 0 Å². The van der Waals surface area contributed by atoms with E-state index in [4.69, 9.17) is 0 Å². The molecular weight excluding hydrogens is 264 g/mol. The third-order valence-electron chi connectivity index (χ3n) is 4.97. The molecule has 0 aromatic carbocycles. The van der Waals surface area contributed by atoms with Gasteiger partial charge >= 0.3 is 0 Å². The van der Waals surface area contributed by atoms with Crippen LogP contribution in [-0.4, -0.2) is 55.9 Å². The van der Waals surface area contributed by atoms with E-state index in [9.17, 15) is 13.2 Å². The maximum absolute atomic E-state index is 12.6. The molecule has 4 unspecified atom stereocenters. The fourth-order valence-corrected chi connectivity index (χ4v) is 5.52. The SMILES string of the molecule is CC1CS(=O)(=O)CCN1C(=O)C1NCC2CCCC21. The molecule has 6 heteroatoms. The summed E-state index contributed by atoms with van der Waals surface area (Å²) < 4.78 is 23.2. The lowest BCUT2D eigenvalue weighted by Crippen LogP contribution is -2.55. The molecule has 3 rings (SSSR count). The molecule has 0 radical (unpaired) electrons. The highest BCUT2D eigenvalue weighted by Gasteiger charge is 2.45. The van der Waals surface area contributed by atoms with Gasteiger partial charge in [-0.2, -0.15) is 0 Å². The Bertz CT molecular complexity index is 476. The highest BCUT2D eigenvalue weighted by molar-refractivity contribution is 7.91. The normalized spacial score (nSPS) is 41.2. The molecular formula is C13H22N2O3S. The third-order valence-corrected chi connectivity index (χ3v) is 6.76. The number of nitrogens with one attached hydrogen (secondary N) is 1. The fourth-order valence-electron chi connectivity index (χ4n) is 3.96. The van der Waals surface area contributed by atoms with Crippen molar-refractivity contribution in [3.05, 3.63) is 0 Å². The van der Waals surface area contributed by atoms with Crippen molar-refractivity contribution in [2.75, 3.05) is 24.6 Å². The molecule has 1 saturated carbocycles. The summed E-state index contributed by atoms with van der Waals surface area (Å²) in [5.41, 5.74) is 0. The van der Waals surface area contributed by atoms with Gasteiger partial charge in [0, 0.05) is 12.6 Å². The van der Waals surface area contributed by atoms with Gasteiger partial charge in [0.2, 0.25) is 5.91 Å². The Morgan fingerprint density at radius 2 is 2.11 bits per heavy atom. The quantitative estimate of drug-likeness (QED) is 0.738. The molecule has 4 atom stereocenters. The standard InChI is InChI=1S/C13H22N2O3S/c1-9-8-19(17,18)6-5-15(9)13(16)12-11-4-2-3-10(11)7-14-12/h9-12,14H,2-8H2,1H3. The number of carbonyl (C=O) groups excluding carboxylic acids is 1. The second kappa shape index (κ2) is 4.74. The number of sulfone groups is 1. The number of hydrogen-bond acceptors (Lipinski definition) is 4. The first-order valence-electron chi connectivity index (χ1n) is 7.22. The number of hydrogen-bond donors (Lipinski definition) is 1. The van der Waals surface area contributed by atoms with E-state index in [1.807, 2.05) is 6.92 Å². The van der Waals surface area contributed by atoms with Gasteiger partial charge in [-0.05, 0) is 38.1 Å². The van der Waals surface area contributed by atoms with Crippen molar-refractivity contribution in [3.8, 4) is 0 Å². The molecule has 0 aromatic heterocycles. The van der Waals surface area contributed by atoms with Gasteiger partial charge in [0.1, 0.15) is 0 Å². The smallest absolute Gasteiger partial charge is 0.240 e. The Morgan fingerprint density at radius 3 is 2.84 bits per heavy atom. The van der Waals surface area contributed by atoms with Crippen LogP contribution in [0.3, 0.4) is 0 Å². The van der Waals surface area contributed by atoms with Gasteiger partial charge in [0.15, 0.2) is 9.84 Å². The van der Waals surface area contributed by atoms with Crippen LogP contribution < -0.4 is 5.32 Å². The first-order valence-corrected chi connectivity index (χ1v) is 9.04. The Hall–Kier alpha value is -0.620. The van der Waals surface area contributed by atoms with E-state index >= 15 is 0 Å². The molecule has 2 heterocycles. The molecule has 19 heavy (non-hydrogen) atoms. The molecule has 0 bridgehead atoms. The Kier molecular flexibility index (Phi) is 3.33. The molecule has 108 valence electrons. The molecule has 1 N–H and O–H groups in total. The predicted molar refractivity (Wildman–Crippen MR) is 72.5 cm³/mol. The van der Waals surface area contributed by atoms with Crippen LogP contribution in [0, 0.1) is 11.8 Å². The minimum absolute atomic E-state index is 0.0734. The zero-order chi connectivity index (χ0) is 13.6. The van der Waals surface area contributed by atoms with Gasteiger partial charge in [-0.15, -0.1) is 0 Å². The summed E-state index contributed by atoms with van der Waals surface area (Å²) in [5, 5.41) is 3.36. The van der Waals surface area contributed by atoms with E-state index in [0.29, 0.717) is 18.4 Å². The Balaban J connectivity index is 1.71. The average molecular weight is 286 g/mol. The van der Waals surface area contributed by atoms with Gasteiger partial charge in [0.25, 0.3) is 0 Å². The number of nitrogens with zero attached hydrogens (tertiary/aromatic N) is 1. The monoisotopic (exact) mass is 286 g/mol.